The topological polar surface area (TPSA) is 65.0 Å². The first-order valence-corrected chi connectivity index (χ1v) is 8.66. The molecule has 0 aliphatic carbocycles. The minimum Gasteiger partial charge on any atom is -0.507 e. The smallest absolute Gasteiger partial charge is 0.507 e. The highest BCUT2D eigenvalue weighted by Gasteiger charge is 2.20. The summed E-state index contributed by atoms with van der Waals surface area (Å²) in [5.74, 6) is 0.270. The van der Waals surface area contributed by atoms with Gasteiger partial charge >= 0.3 is 7.98 Å². The first kappa shape index (κ1) is 23.1. The van der Waals surface area contributed by atoms with Gasteiger partial charge in [0, 0.05) is 29.0 Å². The molecule has 1 aliphatic heterocycles. The Balaban J connectivity index is 0.00000196. The molecule has 1 aliphatic rings. The van der Waals surface area contributed by atoms with Crippen LogP contribution in [0.2, 0.25) is 0 Å². The number of rotatable bonds is 5. The average Bonchev–Trinajstić information content (AvgIpc) is 3.19. The van der Waals surface area contributed by atoms with Gasteiger partial charge in [-0.15, -0.1) is 0 Å². The maximum atomic E-state index is 9.99. The van der Waals surface area contributed by atoms with Crippen LogP contribution in [0.25, 0.3) is 17.7 Å². The second kappa shape index (κ2) is 9.85. The first-order chi connectivity index (χ1) is 12.5. The molecule has 3 rings (SSSR count). The molecule has 0 unspecified atom stereocenters. The van der Waals surface area contributed by atoms with E-state index in [2.05, 4.69) is 18.0 Å². The number of aryl methyl sites for hydroxylation is 2. The van der Waals surface area contributed by atoms with E-state index in [4.69, 9.17) is 13.7 Å². The predicted molar refractivity (Wildman–Crippen MR) is 114 cm³/mol. The number of nitrogens with two attached hydrogens (primary N) is 1. The lowest BCUT2D eigenvalue weighted by atomic mass is 10.0. The molecule has 1 aromatic carbocycles. The highest BCUT2D eigenvalue weighted by molar-refractivity contribution is 6.01. The summed E-state index contributed by atoms with van der Waals surface area (Å²) in [7, 11) is 6.03. The third-order valence-corrected chi connectivity index (χ3v) is 4.45. The van der Waals surface area contributed by atoms with Crippen molar-refractivity contribution in [3.63, 3.8) is 0 Å². The molecule has 0 fully saturated rings. The van der Waals surface area contributed by atoms with Gasteiger partial charge in [-0.1, -0.05) is 11.6 Å². The number of H-pyrrole nitrogens is 1. The lowest BCUT2D eigenvalue weighted by Gasteiger charge is -2.07. The number of aromatic nitrogens is 1. The van der Waals surface area contributed by atoms with E-state index < -0.39 is 0 Å². The summed E-state index contributed by atoms with van der Waals surface area (Å²) < 4.78 is 1.62. The van der Waals surface area contributed by atoms with E-state index in [1.54, 1.807) is 10.6 Å². The molecule has 0 saturated carbocycles. The van der Waals surface area contributed by atoms with Crippen LogP contribution in [0.5, 0.6) is 5.75 Å². The van der Waals surface area contributed by atoms with Gasteiger partial charge in [0.1, 0.15) is 12.0 Å². The Morgan fingerprint density at radius 3 is 2.61 bits per heavy atom. The zero-order chi connectivity index (χ0) is 18.7. The van der Waals surface area contributed by atoms with Crippen molar-refractivity contribution in [2.45, 2.75) is 20.3 Å². The van der Waals surface area contributed by atoms with Crippen molar-refractivity contribution in [2.75, 3.05) is 6.54 Å². The molecular formula is C21H25BF2N3O+. The second-order valence-electron chi connectivity index (χ2n) is 6.50. The van der Waals surface area contributed by atoms with Crippen LogP contribution >= 0.6 is 0 Å². The normalized spacial score (nSPS) is 14.6. The fraction of sp³-hybridized carbons (Fsp3) is 0.190. The molecule has 28 heavy (non-hydrogen) atoms. The summed E-state index contributed by atoms with van der Waals surface area (Å²) >= 11 is 0. The van der Waals surface area contributed by atoms with Gasteiger partial charge in [-0.05, 0) is 62.7 Å². The minimum absolute atomic E-state index is 0. The van der Waals surface area contributed by atoms with E-state index in [0.29, 0.717) is 6.54 Å². The minimum atomic E-state index is 0. The number of nitrogens with one attached hydrogen (secondary N) is 1. The van der Waals surface area contributed by atoms with Crippen molar-refractivity contribution in [1.29, 1.82) is 0 Å². The van der Waals surface area contributed by atoms with Crippen LogP contribution in [0.3, 0.4) is 0 Å². The molecule has 2 radical (unpaired) electrons. The van der Waals surface area contributed by atoms with Gasteiger partial charge in [-0.2, -0.15) is 0 Å². The van der Waals surface area contributed by atoms with E-state index in [-0.39, 0.29) is 15.2 Å². The van der Waals surface area contributed by atoms with Gasteiger partial charge in [0.25, 0.3) is 0 Å². The van der Waals surface area contributed by atoms with Crippen molar-refractivity contribution in [3.05, 3.63) is 70.2 Å². The predicted octanol–water partition coefficient (Wildman–Crippen LogP) is 3.61. The summed E-state index contributed by atoms with van der Waals surface area (Å²) in [5, 5.41) is 9.99. The Morgan fingerprint density at radius 1 is 1.21 bits per heavy atom. The van der Waals surface area contributed by atoms with Crippen molar-refractivity contribution in [2.24, 2.45) is 5.73 Å². The Bertz CT molecular complexity index is 959. The molecule has 0 amide bonds. The maximum absolute atomic E-state index is 9.99. The number of nitrogens with zero attached hydrogens (tertiary/aromatic N) is 1. The third-order valence-electron chi connectivity index (χ3n) is 4.45. The van der Waals surface area contributed by atoms with Crippen molar-refractivity contribution >= 4 is 31.9 Å². The number of hydrogen-bond donors (Lipinski definition) is 3. The molecule has 7 heteroatoms. The lowest BCUT2D eigenvalue weighted by Crippen LogP contribution is -2.09. The molecule has 4 N–H and O–H groups in total. The summed E-state index contributed by atoms with van der Waals surface area (Å²) in [4.78, 5) is 3.46. The number of phenolic OH excluding ortho intramolecular Hbond substituents is 1. The standard InChI is InChI=1S/C21H23BN3O.2FH/c1-14-5-8-20(26)16(12-14)6-7-17-13-15(2)21(24-17)18(9-10-23)19-4-3-11-25(19)22;;/h3-8,11-13,24,26H,9-10,23H2,1-2H3;2*1H/q+1;;/b7-6+;;. The summed E-state index contributed by atoms with van der Waals surface area (Å²) in [6, 6.07) is 7.64. The molecule has 0 bridgehead atoms. The Hall–Kier alpha value is -2.93. The highest BCUT2D eigenvalue weighted by atomic mass is 19.0. The molecule has 0 atom stereocenters. The molecule has 4 nitrogen and oxygen atoms in total. The Morgan fingerprint density at radius 2 is 1.96 bits per heavy atom. The molecule has 0 saturated heterocycles. The molecule has 146 valence electrons. The monoisotopic (exact) mass is 384 g/mol. The van der Waals surface area contributed by atoms with E-state index in [1.165, 1.54) is 0 Å². The van der Waals surface area contributed by atoms with Gasteiger partial charge in [0.05, 0.1) is 5.69 Å². The van der Waals surface area contributed by atoms with E-state index in [9.17, 15) is 5.11 Å². The fourth-order valence-electron chi connectivity index (χ4n) is 3.15. The molecular weight excluding hydrogens is 359 g/mol. The number of halogens is 2. The molecule has 1 aromatic heterocycles. The van der Waals surface area contributed by atoms with Gasteiger partial charge in [-0.3, -0.25) is 13.9 Å². The van der Waals surface area contributed by atoms with Gasteiger partial charge in [0.15, 0.2) is 5.70 Å². The van der Waals surface area contributed by atoms with Gasteiger partial charge in [0.2, 0.25) is 0 Å². The number of aromatic amines is 1. The molecule has 0 spiro atoms. The van der Waals surface area contributed by atoms with Crippen LogP contribution < -0.4 is 5.73 Å². The van der Waals surface area contributed by atoms with E-state index in [0.717, 1.165) is 45.8 Å². The highest BCUT2D eigenvalue weighted by Crippen LogP contribution is 2.28. The van der Waals surface area contributed by atoms with Crippen LogP contribution in [0.15, 0.2) is 42.1 Å². The Labute approximate surface area is 165 Å². The van der Waals surface area contributed by atoms with Crippen LogP contribution in [0.1, 0.15) is 34.5 Å². The van der Waals surface area contributed by atoms with Crippen LogP contribution in [-0.2, 0) is 0 Å². The van der Waals surface area contributed by atoms with Gasteiger partial charge in [-0.25, -0.2) is 0 Å². The maximum Gasteiger partial charge on any atom is 0.586 e. The fourth-order valence-corrected chi connectivity index (χ4v) is 3.15. The zero-order valence-corrected chi connectivity index (χ0v) is 16.0. The second-order valence-corrected chi connectivity index (χ2v) is 6.50. The lowest BCUT2D eigenvalue weighted by molar-refractivity contribution is -0.294. The molecule has 2 heterocycles. The van der Waals surface area contributed by atoms with Crippen LogP contribution in [0.4, 0.5) is 9.41 Å². The molecule has 2 aromatic rings. The summed E-state index contributed by atoms with van der Waals surface area (Å²) in [5.41, 5.74) is 12.9. The average molecular weight is 384 g/mol. The van der Waals surface area contributed by atoms with Crippen molar-refractivity contribution in [3.8, 4) is 5.75 Å². The summed E-state index contributed by atoms with van der Waals surface area (Å²) in [6.45, 7) is 4.61. The zero-order valence-electron chi connectivity index (χ0n) is 16.0. The Kier molecular flexibility index (Phi) is 8.13. The third kappa shape index (κ3) is 4.87. The quantitative estimate of drug-likeness (QED) is 0.690. The SMILES string of the molecule is F.F.[B][N+]1=CC=CC1=C(CCN)c1[nH]c(/C=C/c2cc(C)ccc2O)cc1C. The van der Waals surface area contributed by atoms with Crippen molar-refractivity contribution in [1.82, 2.24) is 4.98 Å². The number of phenols is 1. The van der Waals surface area contributed by atoms with E-state index in [1.807, 2.05) is 49.6 Å². The first-order valence-electron chi connectivity index (χ1n) is 8.66. The largest absolute Gasteiger partial charge is 0.586 e. The van der Waals surface area contributed by atoms with Crippen LogP contribution in [-0.4, -0.2) is 35.3 Å². The van der Waals surface area contributed by atoms with Gasteiger partial charge < -0.3 is 15.8 Å². The number of hydrogen-bond acceptors (Lipinski definition) is 2. The van der Waals surface area contributed by atoms with Crippen molar-refractivity contribution < 1.29 is 19.0 Å². The number of allylic oxidation sites excluding steroid dienone is 2. The summed E-state index contributed by atoms with van der Waals surface area (Å²) in [6.07, 6.45) is 10.3. The number of aromatic hydroxyl groups is 1. The van der Waals surface area contributed by atoms with E-state index >= 15 is 0 Å². The number of benzene rings is 1. The van der Waals surface area contributed by atoms with Crippen LogP contribution in [0, 0.1) is 13.8 Å².